The minimum absolute atomic E-state index is 0.0379. The molecule has 30 heavy (non-hydrogen) atoms. The first kappa shape index (κ1) is 23.5. The maximum atomic E-state index is 12.8. The minimum Gasteiger partial charge on any atom is -0.444 e. The predicted octanol–water partition coefficient (Wildman–Crippen LogP) is 2.79. The van der Waals surface area contributed by atoms with Crippen LogP contribution in [0.15, 0.2) is 24.3 Å². The molecule has 0 spiro atoms. The van der Waals surface area contributed by atoms with Crippen LogP contribution in [0.3, 0.4) is 0 Å². The second-order valence-corrected chi connectivity index (χ2v) is 8.51. The van der Waals surface area contributed by atoms with E-state index in [1.165, 1.54) is 21.9 Å². The Morgan fingerprint density at radius 2 is 1.77 bits per heavy atom. The van der Waals surface area contributed by atoms with Gasteiger partial charge in [-0.2, -0.15) is 13.2 Å². The second-order valence-electron chi connectivity index (χ2n) is 8.51. The number of carbonyl (C=O) groups is 3. The maximum Gasteiger partial charge on any atom is 0.416 e. The topological polar surface area (TPSA) is 79.0 Å². The van der Waals surface area contributed by atoms with Gasteiger partial charge in [0.25, 0.3) is 0 Å². The van der Waals surface area contributed by atoms with Crippen molar-refractivity contribution in [2.75, 3.05) is 19.6 Å². The summed E-state index contributed by atoms with van der Waals surface area (Å²) in [6, 6.07) is 4.53. The third kappa shape index (κ3) is 5.87. The molecule has 0 radical (unpaired) electrons. The van der Waals surface area contributed by atoms with Gasteiger partial charge >= 0.3 is 12.3 Å². The molecule has 0 aliphatic carbocycles. The van der Waals surface area contributed by atoms with E-state index < -0.39 is 34.9 Å². The number of benzene rings is 1. The van der Waals surface area contributed by atoms with Gasteiger partial charge in [0.2, 0.25) is 12.3 Å². The molecule has 1 aliphatic rings. The first-order valence-corrected chi connectivity index (χ1v) is 9.37. The molecule has 1 aliphatic heterocycles. The fourth-order valence-electron chi connectivity index (χ4n) is 3.19. The van der Waals surface area contributed by atoms with Crippen LogP contribution in [-0.2, 0) is 27.0 Å². The molecule has 0 aromatic heterocycles. The zero-order valence-corrected chi connectivity index (χ0v) is 17.4. The van der Waals surface area contributed by atoms with Crippen LogP contribution >= 0.6 is 0 Å². The van der Waals surface area contributed by atoms with Crippen molar-refractivity contribution in [2.45, 2.75) is 51.6 Å². The van der Waals surface area contributed by atoms with Gasteiger partial charge in [0.05, 0.1) is 17.6 Å². The molecule has 1 aromatic carbocycles. The van der Waals surface area contributed by atoms with Gasteiger partial charge in [0.15, 0.2) is 0 Å². The summed E-state index contributed by atoms with van der Waals surface area (Å²) < 4.78 is 43.7. The quantitative estimate of drug-likeness (QED) is 0.706. The fraction of sp³-hybridized carbons (Fsp3) is 0.550. The average Bonchev–Trinajstić information content (AvgIpc) is 2.59. The number of amides is 3. The van der Waals surface area contributed by atoms with Crippen LogP contribution in [0.25, 0.3) is 0 Å². The first-order valence-electron chi connectivity index (χ1n) is 9.37. The van der Waals surface area contributed by atoms with E-state index in [4.69, 9.17) is 4.74 Å². The number of hydrogen-bond donors (Lipinski definition) is 1. The molecular weight excluding hydrogens is 403 g/mol. The van der Waals surface area contributed by atoms with Crippen LogP contribution in [0.2, 0.25) is 0 Å². The average molecular weight is 429 g/mol. The summed E-state index contributed by atoms with van der Waals surface area (Å²) >= 11 is 0. The van der Waals surface area contributed by atoms with Crippen molar-refractivity contribution < 1.29 is 32.3 Å². The lowest BCUT2D eigenvalue weighted by atomic mass is 9.89. The van der Waals surface area contributed by atoms with Gasteiger partial charge in [0, 0.05) is 19.6 Å². The van der Waals surface area contributed by atoms with E-state index in [1.807, 2.05) is 0 Å². The van der Waals surface area contributed by atoms with Gasteiger partial charge in [-0.05, 0) is 45.4 Å². The van der Waals surface area contributed by atoms with Crippen molar-refractivity contribution in [3.63, 3.8) is 0 Å². The molecular formula is C20H26F3N3O4. The van der Waals surface area contributed by atoms with Crippen molar-refractivity contribution in [2.24, 2.45) is 0 Å². The van der Waals surface area contributed by atoms with E-state index in [1.54, 1.807) is 27.7 Å². The fourth-order valence-corrected chi connectivity index (χ4v) is 3.19. The summed E-state index contributed by atoms with van der Waals surface area (Å²) in [5, 5.41) is 2.30. The van der Waals surface area contributed by atoms with Crippen molar-refractivity contribution in [3.8, 4) is 0 Å². The third-order valence-electron chi connectivity index (χ3n) is 4.63. The molecule has 10 heteroatoms. The molecule has 2 rings (SSSR count). The Morgan fingerprint density at radius 1 is 1.20 bits per heavy atom. The Labute approximate surface area is 173 Å². The Bertz CT molecular complexity index is 782. The van der Waals surface area contributed by atoms with Crippen LogP contribution in [0.4, 0.5) is 18.0 Å². The second kappa shape index (κ2) is 8.53. The summed E-state index contributed by atoms with van der Waals surface area (Å²) in [4.78, 5) is 38.4. The predicted molar refractivity (Wildman–Crippen MR) is 102 cm³/mol. The highest BCUT2D eigenvalue weighted by molar-refractivity contribution is 5.81. The number of alkyl halides is 3. The number of likely N-dealkylation sites (tertiary alicyclic amines) is 1. The summed E-state index contributed by atoms with van der Waals surface area (Å²) in [6.07, 6.45) is -4.56. The van der Waals surface area contributed by atoms with Crippen LogP contribution in [-0.4, -0.2) is 59.0 Å². The molecule has 166 valence electrons. The van der Waals surface area contributed by atoms with E-state index in [0.29, 0.717) is 12.0 Å². The summed E-state index contributed by atoms with van der Waals surface area (Å²) in [6.45, 7) is 7.20. The van der Waals surface area contributed by atoms with Crippen molar-refractivity contribution in [1.29, 1.82) is 0 Å². The van der Waals surface area contributed by atoms with Gasteiger partial charge in [-0.25, -0.2) is 4.79 Å². The van der Waals surface area contributed by atoms with Gasteiger partial charge in [-0.3, -0.25) is 9.59 Å². The largest absolute Gasteiger partial charge is 0.444 e. The molecule has 3 amide bonds. The van der Waals surface area contributed by atoms with Crippen LogP contribution < -0.4 is 5.32 Å². The van der Waals surface area contributed by atoms with Gasteiger partial charge in [-0.15, -0.1) is 0 Å². The number of nitrogens with one attached hydrogen (secondary N) is 1. The van der Waals surface area contributed by atoms with E-state index in [2.05, 4.69) is 5.32 Å². The molecule has 1 N–H and O–H groups in total. The smallest absolute Gasteiger partial charge is 0.416 e. The Hall–Kier alpha value is -2.78. The van der Waals surface area contributed by atoms with Gasteiger partial charge in [-0.1, -0.05) is 12.1 Å². The summed E-state index contributed by atoms with van der Waals surface area (Å²) in [7, 11) is 0. The monoisotopic (exact) mass is 429 g/mol. The SMILES string of the molecule is CC(C)(C)OC(=O)N1CC(C)(N(Cc2ccc(C(F)(F)F)cc2)C(=O)CNC=O)C1. The lowest BCUT2D eigenvalue weighted by Gasteiger charge is -2.53. The van der Waals surface area contributed by atoms with Crippen molar-refractivity contribution in [3.05, 3.63) is 35.4 Å². The molecule has 1 fully saturated rings. The molecule has 0 saturated carbocycles. The number of rotatable bonds is 6. The standard InChI is InChI=1S/C20H26F3N3O4/c1-18(2,3)30-17(29)25-11-19(4,12-25)26(16(28)9-24-13-27)10-14-5-7-15(8-6-14)20(21,22)23/h5-8,13H,9-12H2,1-4H3,(H,24,27). The zero-order valence-electron chi connectivity index (χ0n) is 17.4. The number of ether oxygens (including phenoxy) is 1. The summed E-state index contributed by atoms with van der Waals surface area (Å²) in [5.41, 5.74) is -1.69. The maximum absolute atomic E-state index is 12.8. The van der Waals surface area contributed by atoms with Gasteiger partial charge in [0.1, 0.15) is 5.60 Å². The van der Waals surface area contributed by atoms with E-state index >= 15 is 0 Å². The highest BCUT2D eigenvalue weighted by atomic mass is 19.4. The number of nitrogens with zero attached hydrogens (tertiary/aromatic N) is 2. The lowest BCUT2D eigenvalue weighted by molar-refractivity contribution is -0.145. The Morgan fingerprint density at radius 3 is 2.23 bits per heavy atom. The molecule has 7 nitrogen and oxygen atoms in total. The highest BCUT2D eigenvalue weighted by Gasteiger charge is 2.48. The Balaban J connectivity index is 2.15. The van der Waals surface area contributed by atoms with E-state index in [0.717, 1.165) is 12.1 Å². The zero-order chi connectivity index (χ0) is 22.7. The minimum atomic E-state index is -4.45. The van der Waals surface area contributed by atoms with Crippen LogP contribution in [0.5, 0.6) is 0 Å². The molecule has 1 saturated heterocycles. The summed E-state index contributed by atoms with van der Waals surface area (Å²) in [5.74, 6) is -0.409. The number of halogens is 3. The van der Waals surface area contributed by atoms with Crippen LogP contribution in [0, 0.1) is 0 Å². The van der Waals surface area contributed by atoms with Gasteiger partial charge < -0.3 is 19.9 Å². The van der Waals surface area contributed by atoms with Crippen molar-refractivity contribution in [1.82, 2.24) is 15.1 Å². The van der Waals surface area contributed by atoms with E-state index in [-0.39, 0.29) is 26.2 Å². The molecule has 1 heterocycles. The molecule has 0 atom stereocenters. The molecule has 1 aromatic rings. The third-order valence-corrected chi connectivity index (χ3v) is 4.63. The number of hydrogen-bond acceptors (Lipinski definition) is 4. The van der Waals surface area contributed by atoms with Crippen molar-refractivity contribution >= 4 is 18.4 Å². The number of carbonyl (C=O) groups excluding carboxylic acids is 3. The Kier molecular flexibility index (Phi) is 6.68. The molecule has 0 bridgehead atoms. The lowest BCUT2D eigenvalue weighted by Crippen LogP contribution is -2.71. The molecule has 0 unspecified atom stereocenters. The van der Waals surface area contributed by atoms with Crippen LogP contribution in [0.1, 0.15) is 38.8 Å². The van der Waals surface area contributed by atoms with E-state index in [9.17, 15) is 27.6 Å². The highest BCUT2D eigenvalue weighted by Crippen LogP contribution is 2.32. The normalized spacial score (nSPS) is 15.8. The first-order chi connectivity index (χ1) is 13.7.